The predicted octanol–water partition coefficient (Wildman–Crippen LogP) is 5.25. The smallest absolute Gasteiger partial charge is 0.261 e. The number of hydrogen-bond acceptors (Lipinski definition) is 3. The van der Waals surface area contributed by atoms with E-state index in [0.717, 1.165) is 21.9 Å². The van der Waals surface area contributed by atoms with E-state index in [1.807, 2.05) is 101 Å². The van der Waals surface area contributed by atoms with Gasteiger partial charge >= 0.3 is 0 Å². The van der Waals surface area contributed by atoms with Gasteiger partial charge in [0.05, 0.1) is 0 Å². The maximum Gasteiger partial charge on any atom is 0.261 e. The molecule has 3 aromatic carbocycles. The Hall–Kier alpha value is -3.34. The van der Waals surface area contributed by atoms with Crippen LogP contribution in [0.2, 0.25) is 0 Å². The molecule has 0 heterocycles. The van der Waals surface area contributed by atoms with Gasteiger partial charge in [0.2, 0.25) is 5.91 Å². The molecule has 1 atom stereocenters. The van der Waals surface area contributed by atoms with Crippen LogP contribution < -0.4 is 10.1 Å². The molecule has 1 N–H and O–H groups in total. The largest absolute Gasteiger partial charge is 0.483 e. The summed E-state index contributed by atoms with van der Waals surface area (Å²) in [6.07, 6.45) is 0.508. The first-order valence-electron chi connectivity index (χ1n) is 11.5. The van der Waals surface area contributed by atoms with Crippen molar-refractivity contribution in [2.45, 2.75) is 59.2 Å². The fraction of sp³-hybridized carbons (Fsp3) is 0.357. The zero-order valence-corrected chi connectivity index (χ0v) is 20.2. The van der Waals surface area contributed by atoms with Crippen molar-refractivity contribution in [3.05, 3.63) is 77.9 Å². The van der Waals surface area contributed by atoms with E-state index in [2.05, 4.69) is 5.32 Å². The van der Waals surface area contributed by atoms with Gasteiger partial charge in [-0.15, -0.1) is 0 Å². The average Bonchev–Trinajstić information content (AvgIpc) is 2.76. The summed E-state index contributed by atoms with van der Waals surface area (Å²) in [4.78, 5) is 28.2. The van der Waals surface area contributed by atoms with Crippen LogP contribution in [0.3, 0.4) is 0 Å². The lowest BCUT2D eigenvalue weighted by Gasteiger charge is -2.33. The number of nitrogens with zero attached hydrogens (tertiary/aromatic N) is 1. The molecular formula is C28H34N2O3. The van der Waals surface area contributed by atoms with Gasteiger partial charge in [-0.3, -0.25) is 9.59 Å². The minimum Gasteiger partial charge on any atom is -0.483 e. The number of aryl methyl sites for hydroxylation is 1. The van der Waals surface area contributed by atoms with Gasteiger partial charge in [-0.2, -0.15) is 0 Å². The Morgan fingerprint density at radius 1 is 1.00 bits per heavy atom. The zero-order valence-electron chi connectivity index (χ0n) is 20.2. The van der Waals surface area contributed by atoms with Crippen molar-refractivity contribution in [1.82, 2.24) is 10.2 Å². The lowest BCUT2D eigenvalue weighted by Crippen LogP contribution is -2.54. The Morgan fingerprint density at radius 2 is 1.70 bits per heavy atom. The normalized spacial score (nSPS) is 12.3. The van der Waals surface area contributed by atoms with Crippen LogP contribution in [-0.4, -0.2) is 34.9 Å². The molecule has 0 radical (unpaired) electrons. The van der Waals surface area contributed by atoms with Gasteiger partial charge in [0.15, 0.2) is 6.61 Å². The number of nitrogens with one attached hydrogen (secondary N) is 1. The number of ether oxygens (including phenoxy) is 1. The second-order valence-corrected chi connectivity index (χ2v) is 9.44. The van der Waals surface area contributed by atoms with Gasteiger partial charge in [0.25, 0.3) is 5.91 Å². The Balaban J connectivity index is 1.85. The summed E-state index contributed by atoms with van der Waals surface area (Å²) >= 11 is 0. The van der Waals surface area contributed by atoms with Crippen molar-refractivity contribution in [2.75, 3.05) is 6.61 Å². The van der Waals surface area contributed by atoms with Crippen LogP contribution in [0.25, 0.3) is 10.8 Å². The molecule has 2 amide bonds. The third-order valence-electron chi connectivity index (χ3n) is 5.42. The molecule has 0 spiro atoms. The van der Waals surface area contributed by atoms with Gasteiger partial charge in [0.1, 0.15) is 11.8 Å². The number of rotatable bonds is 8. The first kappa shape index (κ1) is 24.3. The summed E-state index contributed by atoms with van der Waals surface area (Å²) < 4.78 is 5.98. The van der Waals surface area contributed by atoms with E-state index < -0.39 is 6.04 Å². The highest BCUT2D eigenvalue weighted by atomic mass is 16.5. The van der Waals surface area contributed by atoms with Crippen LogP contribution in [0, 0.1) is 6.92 Å². The molecule has 0 aliphatic rings. The molecule has 0 fully saturated rings. The van der Waals surface area contributed by atoms with Crippen molar-refractivity contribution in [3.63, 3.8) is 0 Å². The van der Waals surface area contributed by atoms with Crippen molar-refractivity contribution < 1.29 is 14.3 Å². The van der Waals surface area contributed by atoms with Gasteiger partial charge in [-0.25, -0.2) is 0 Å². The second-order valence-electron chi connectivity index (χ2n) is 9.44. The third-order valence-corrected chi connectivity index (χ3v) is 5.42. The van der Waals surface area contributed by atoms with Crippen LogP contribution >= 0.6 is 0 Å². The van der Waals surface area contributed by atoms with Crippen molar-refractivity contribution in [1.29, 1.82) is 0 Å². The first-order chi connectivity index (χ1) is 15.7. The summed E-state index contributed by atoms with van der Waals surface area (Å²) in [5, 5.41) is 5.03. The maximum atomic E-state index is 13.4. The fourth-order valence-electron chi connectivity index (χ4n) is 3.92. The lowest BCUT2D eigenvalue weighted by atomic mass is 10.1. The molecule has 0 unspecified atom stereocenters. The van der Waals surface area contributed by atoms with Crippen molar-refractivity contribution in [3.8, 4) is 5.75 Å². The van der Waals surface area contributed by atoms with Crippen LogP contribution in [0.5, 0.6) is 5.75 Å². The molecule has 0 saturated carbocycles. The standard InChI is InChI=1S/C28H34N2O3/c1-6-24(27(32)29-28(3,4)5)30(18-21-12-9-11-20(2)17-21)26(31)19-33-25-16-10-14-22-13-7-8-15-23(22)25/h7-17,24H,6,18-19H2,1-5H3,(H,29,32)/t24-/m0/s1. The molecule has 0 aliphatic carbocycles. The molecule has 3 aromatic rings. The molecule has 5 heteroatoms. The van der Waals surface area contributed by atoms with Crippen LogP contribution in [0.15, 0.2) is 66.7 Å². The molecule has 0 bridgehead atoms. The van der Waals surface area contributed by atoms with E-state index in [1.54, 1.807) is 4.90 Å². The number of fused-ring (bicyclic) bond motifs is 1. The average molecular weight is 447 g/mol. The van der Waals surface area contributed by atoms with E-state index in [9.17, 15) is 9.59 Å². The summed E-state index contributed by atoms with van der Waals surface area (Å²) in [5.74, 6) is 0.278. The SMILES string of the molecule is CC[C@@H](C(=O)NC(C)(C)C)N(Cc1cccc(C)c1)C(=O)COc1cccc2ccccc12. The second kappa shape index (κ2) is 10.5. The lowest BCUT2D eigenvalue weighted by molar-refractivity contribution is -0.143. The number of benzene rings is 3. The Bertz CT molecular complexity index is 1110. The highest BCUT2D eigenvalue weighted by Gasteiger charge is 2.31. The highest BCUT2D eigenvalue weighted by molar-refractivity contribution is 5.90. The van der Waals surface area contributed by atoms with E-state index >= 15 is 0 Å². The topological polar surface area (TPSA) is 58.6 Å². The fourth-order valence-corrected chi connectivity index (χ4v) is 3.92. The van der Waals surface area contributed by atoms with Gasteiger partial charge in [0, 0.05) is 17.5 Å². The van der Waals surface area contributed by atoms with Crippen molar-refractivity contribution in [2.24, 2.45) is 0 Å². The molecule has 3 rings (SSSR count). The number of carbonyl (C=O) groups is 2. The Kier molecular flexibility index (Phi) is 7.75. The van der Waals surface area contributed by atoms with Gasteiger partial charge in [-0.1, -0.05) is 73.2 Å². The minimum absolute atomic E-state index is 0.140. The molecule has 0 aliphatic heterocycles. The predicted molar refractivity (Wildman–Crippen MR) is 133 cm³/mol. The number of carbonyl (C=O) groups excluding carboxylic acids is 2. The summed E-state index contributed by atoms with van der Waals surface area (Å²) in [6.45, 7) is 9.96. The van der Waals surface area contributed by atoms with Gasteiger partial charge < -0.3 is 15.0 Å². The van der Waals surface area contributed by atoms with Crippen LogP contribution in [-0.2, 0) is 16.1 Å². The van der Waals surface area contributed by atoms with E-state index in [0.29, 0.717) is 18.7 Å². The Morgan fingerprint density at radius 3 is 2.39 bits per heavy atom. The summed E-state index contributed by atoms with van der Waals surface area (Å²) in [6, 6.07) is 21.1. The Labute approximate surface area is 196 Å². The van der Waals surface area contributed by atoms with Crippen LogP contribution in [0.4, 0.5) is 0 Å². The monoisotopic (exact) mass is 446 g/mol. The summed E-state index contributed by atoms with van der Waals surface area (Å²) in [7, 11) is 0. The van der Waals surface area contributed by atoms with Crippen molar-refractivity contribution >= 4 is 22.6 Å². The number of hydrogen-bond donors (Lipinski definition) is 1. The molecular weight excluding hydrogens is 412 g/mol. The first-order valence-corrected chi connectivity index (χ1v) is 11.5. The number of amides is 2. The van der Waals surface area contributed by atoms with Gasteiger partial charge in [-0.05, 0) is 51.1 Å². The molecule has 174 valence electrons. The van der Waals surface area contributed by atoms with Crippen LogP contribution in [0.1, 0.15) is 45.2 Å². The quantitative estimate of drug-likeness (QED) is 0.514. The van der Waals surface area contributed by atoms with E-state index in [4.69, 9.17) is 4.74 Å². The third kappa shape index (κ3) is 6.58. The highest BCUT2D eigenvalue weighted by Crippen LogP contribution is 2.25. The zero-order chi connectivity index (χ0) is 24.0. The summed E-state index contributed by atoms with van der Waals surface area (Å²) in [5.41, 5.74) is 1.71. The van der Waals surface area contributed by atoms with E-state index in [1.165, 1.54) is 0 Å². The maximum absolute atomic E-state index is 13.4. The molecule has 33 heavy (non-hydrogen) atoms. The molecule has 5 nitrogen and oxygen atoms in total. The molecule has 0 aromatic heterocycles. The van der Waals surface area contributed by atoms with E-state index in [-0.39, 0.29) is 24.0 Å². The minimum atomic E-state index is -0.589. The molecule has 0 saturated heterocycles.